The fourth-order valence-electron chi connectivity index (χ4n) is 8.57. The highest BCUT2D eigenvalue weighted by Crippen LogP contribution is 2.49. The summed E-state index contributed by atoms with van der Waals surface area (Å²) in [4.78, 5) is 20.4. The number of fused-ring (bicyclic) bond motifs is 4. The van der Waals surface area contributed by atoms with E-state index in [1.54, 1.807) is 32.2 Å². The number of aliphatic hydroxyl groups excluding tert-OH is 1. The van der Waals surface area contributed by atoms with Crippen LogP contribution >= 0.6 is 11.6 Å². The molecule has 3 heterocycles. The van der Waals surface area contributed by atoms with Crippen molar-refractivity contribution in [3.8, 4) is 5.75 Å². The Labute approximate surface area is 299 Å². The van der Waals surface area contributed by atoms with Gasteiger partial charge in [0.05, 0.1) is 36.2 Å². The van der Waals surface area contributed by atoms with Crippen LogP contribution in [0.25, 0.3) is 0 Å². The second-order valence-corrected chi connectivity index (χ2v) is 17.2. The third-order valence-corrected chi connectivity index (χ3v) is 14.0. The van der Waals surface area contributed by atoms with Crippen LogP contribution < -0.4 is 14.4 Å². The van der Waals surface area contributed by atoms with Gasteiger partial charge in [-0.25, -0.2) is 18.1 Å². The molecular formula is C38H46ClN3O7S. The Bertz CT molecular complexity index is 1900. The smallest absolute Gasteiger partial charge is 0.264 e. The van der Waals surface area contributed by atoms with Crippen molar-refractivity contribution < 1.29 is 32.2 Å². The Hall–Kier alpha value is -3.38. The molecule has 2 aliphatic heterocycles. The molecule has 1 saturated carbocycles. The second kappa shape index (κ2) is 13.6. The highest BCUT2D eigenvalue weighted by atomic mass is 35.5. The molecule has 7 rings (SSSR count). The number of sulfonamides is 1. The number of hydrogen-bond donors (Lipinski definition) is 2. The topological polar surface area (TPSA) is 131 Å². The number of benzene rings is 2. The number of halogens is 1. The van der Waals surface area contributed by atoms with Gasteiger partial charge in [0, 0.05) is 36.2 Å². The molecule has 268 valence electrons. The van der Waals surface area contributed by atoms with Crippen molar-refractivity contribution in [1.29, 1.82) is 0 Å². The number of rotatable bonds is 4. The number of anilines is 1. The van der Waals surface area contributed by atoms with E-state index in [9.17, 15) is 18.3 Å². The Morgan fingerprint density at radius 1 is 1.18 bits per heavy atom. The van der Waals surface area contributed by atoms with E-state index in [1.807, 2.05) is 19.1 Å². The number of ether oxygens (including phenoxy) is 2. The van der Waals surface area contributed by atoms with Crippen molar-refractivity contribution in [2.45, 2.75) is 81.7 Å². The van der Waals surface area contributed by atoms with Gasteiger partial charge in [-0.3, -0.25) is 4.79 Å². The molecule has 0 unspecified atom stereocenters. The van der Waals surface area contributed by atoms with Gasteiger partial charge in [-0.1, -0.05) is 36.7 Å². The first-order chi connectivity index (χ1) is 24.0. The number of allylic oxidation sites excluding steroid dienone is 1. The van der Waals surface area contributed by atoms with E-state index in [1.165, 1.54) is 17.4 Å². The first-order valence-electron chi connectivity index (χ1n) is 17.6. The number of aromatic nitrogens is 1. The molecule has 3 aromatic rings. The molecule has 0 radical (unpaired) electrons. The first kappa shape index (κ1) is 35.0. The molecule has 4 aliphatic rings. The van der Waals surface area contributed by atoms with Gasteiger partial charge in [0.25, 0.3) is 5.91 Å². The lowest BCUT2D eigenvalue weighted by Crippen LogP contribution is -2.54. The SMILES string of the molecule is CO[C@@]1(Cc2nc(CO)co2)/C=C\C[C@H](C)[C@@H](C)S(=O)(=O)NC(=O)c2ccc3c(c2)N(C[C@@H]2CC[C@H]21)C[C@@]1(CCCc2cc(Cl)ccc21)CO3. The van der Waals surface area contributed by atoms with Gasteiger partial charge < -0.3 is 23.9 Å². The molecule has 1 aromatic heterocycles. The summed E-state index contributed by atoms with van der Waals surface area (Å²) in [6, 6.07) is 11.4. The summed E-state index contributed by atoms with van der Waals surface area (Å²) in [5.74, 6) is 0.492. The molecule has 12 heteroatoms. The van der Waals surface area contributed by atoms with E-state index >= 15 is 0 Å². The minimum Gasteiger partial charge on any atom is -0.490 e. The maximum atomic E-state index is 13.6. The maximum absolute atomic E-state index is 13.6. The quantitative estimate of drug-likeness (QED) is 0.312. The van der Waals surface area contributed by atoms with Crippen molar-refractivity contribution >= 4 is 33.2 Å². The van der Waals surface area contributed by atoms with Crippen LogP contribution in [0.1, 0.15) is 79.0 Å². The third-order valence-electron chi connectivity index (χ3n) is 11.8. The number of nitrogens with one attached hydrogen (secondary N) is 1. The van der Waals surface area contributed by atoms with Crippen molar-refractivity contribution in [2.24, 2.45) is 17.8 Å². The lowest BCUT2D eigenvalue weighted by molar-refractivity contribution is -0.0776. The van der Waals surface area contributed by atoms with Crippen molar-refractivity contribution in [3.63, 3.8) is 0 Å². The molecule has 0 saturated heterocycles. The molecule has 2 aliphatic carbocycles. The maximum Gasteiger partial charge on any atom is 0.264 e. The molecule has 2 bridgehead atoms. The zero-order valence-corrected chi connectivity index (χ0v) is 30.4. The summed E-state index contributed by atoms with van der Waals surface area (Å²) in [6.07, 6.45) is 11.1. The van der Waals surface area contributed by atoms with Crippen molar-refractivity contribution in [1.82, 2.24) is 9.71 Å². The summed E-state index contributed by atoms with van der Waals surface area (Å²) in [7, 11) is -2.29. The predicted octanol–water partition coefficient (Wildman–Crippen LogP) is 5.99. The number of methoxy groups -OCH3 is 1. The molecule has 2 aromatic carbocycles. The average Bonchev–Trinajstić information content (AvgIpc) is 3.48. The number of aryl methyl sites for hydroxylation is 1. The van der Waals surface area contributed by atoms with Crippen LogP contribution in [-0.4, -0.2) is 62.1 Å². The van der Waals surface area contributed by atoms with E-state index in [0.717, 1.165) is 42.8 Å². The van der Waals surface area contributed by atoms with Crippen LogP contribution in [-0.2, 0) is 39.6 Å². The molecular weight excluding hydrogens is 678 g/mol. The fraction of sp³-hybridized carbons (Fsp3) is 0.526. The number of nitrogens with zero attached hydrogens (tertiary/aromatic N) is 2. The van der Waals surface area contributed by atoms with E-state index in [2.05, 4.69) is 32.8 Å². The van der Waals surface area contributed by atoms with Crippen LogP contribution in [0.4, 0.5) is 5.69 Å². The lowest BCUT2D eigenvalue weighted by atomic mass is 9.63. The number of aliphatic hydroxyl groups is 1. The van der Waals surface area contributed by atoms with Crippen molar-refractivity contribution in [3.05, 3.63) is 88.1 Å². The summed E-state index contributed by atoms with van der Waals surface area (Å²) in [6.45, 7) is 5.08. The van der Waals surface area contributed by atoms with Gasteiger partial charge in [-0.15, -0.1) is 0 Å². The Morgan fingerprint density at radius 2 is 2.02 bits per heavy atom. The summed E-state index contributed by atoms with van der Waals surface area (Å²) in [5.41, 5.74) is 2.87. The number of carbonyl (C=O) groups is 1. The zero-order chi connectivity index (χ0) is 35.3. The average molecular weight is 724 g/mol. The van der Waals surface area contributed by atoms with Crippen LogP contribution in [0.5, 0.6) is 5.75 Å². The highest BCUT2D eigenvalue weighted by Gasteiger charge is 2.50. The predicted molar refractivity (Wildman–Crippen MR) is 191 cm³/mol. The van der Waals surface area contributed by atoms with E-state index in [0.29, 0.717) is 49.9 Å². The minimum absolute atomic E-state index is 0.0881. The van der Waals surface area contributed by atoms with E-state index in [4.69, 9.17) is 25.5 Å². The number of hydrogen-bond acceptors (Lipinski definition) is 9. The minimum atomic E-state index is -4.00. The third kappa shape index (κ3) is 6.46. The van der Waals surface area contributed by atoms with Crippen LogP contribution in [0.2, 0.25) is 5.02 Å². The lowest BCUT2D eigenvalue weighted by Gasteiger charge is -2.50. The standard InChI is InChI=1S/C38H46ClN3O7S/c1-24-6-4-15-38(47-3,18-35-40-30(20-43)21-48-35)32-11-8-28(32)19-42-22-37(14-5-7-26-16-29(39)10-12-31(26)37)23-49-34-13-9-27(17-33(34)42)36(44)41-50(45,46)25(24)2/h4,9-10,12-13,15-17,21,24-25,28,32,43H,5-8,11,14,18-20,22-23H2,1-3H3,(H,41,44)/b15-4-/t24-,25+,28-,32+,37-,38+/m0/s1. The monoisotopic (exact) mass is 723 g/mol. The molecule has 1 fully saturated rings. The molecule has 1 amide bonds. The van der Waals surface area contributed by atoms with Gasteiger partial charge in [-0.2, -0.15) is 0 Å². The van der Waals surface area contributed by atoms with Crippen LogP contribution in [0.15, 0.2) is 59.2 Å². The molecule has 1 spiro atoms. The van der Waals surface area contributed by atoms with Gasteiger partial charge in [0.15, 0.2) is 5.89 Å². The summed E-state index contributed by atoms with van der Waals surface area (Å²) < 4.78 is 48.2. The molecule has 6 atom stereocenters. The van der Waals surface area contributed by atoms with Gasteiger partial charge in [0.1, 0.15) is 17.7 Å². The van der Waals surface area contributed by atoms with E-state index in [-0.39, 0.29) is 35.3 Å². The fourth-order valence-corrected chi connectivity index (χ4v) is 10.1. The first-order valence-corrected chi connectivity index (χ1v) is 19.5. The Kier molecular flexibility index (Phi) is 9.56. The largest absolute Gasteiger partial charge is 0.490 e. The summed E-state index contributed by atoms with van der Waals surface area (Å²) >= 11 is 6.46. The normalized spacial score (nSPS) is 31.4. The Balaban J connectivity index is 1.33. The number of oxazole rings is 1. The van der Waals surface area contributed by atoms with Gasteiger partial charge >= 0.3 is 0 Å². The van der Waals surface area contributed by atoms with Gasteiger partial charge in [-0.05, 0) is 105 Å². The number of carbonyl (C=O) groups excluding carboxylic acids is 1. The molecule has 50 heavy (non-hydrogen) atoms. The Morgan fingerprint density at radius 3 is 2.76 bits per heavy atom. The van der Waals surface area contributed by atoms with Gasteiger partial charge in [0.2, 0.25) is 10.0 Å². The molecule has 2 N–H and O–H groups in total. The molecule has 10 nitrogen and oxygen atoms in total. The summed E-state index contributed by atoms with van der Waals surface area (Å²) in [5, 5.41) is 9.56. The second-order valence-electron chi connectivity index (χ2n) is 14.8. The zero-order valence-electron chi connectivity index (χ0n) is 28.9. The van der Waals surface area contributed by atoms with Crippen LogP contribution in [0, 0.1) is 17.8 Å². The highest BCUT2D eigenvalue weighted by molar-refractivity contribution is 7.90. The van der Waals surface area contributed by atoms with Crippen LogP contribution in [0.3, 0.4) is 0 Å². The van der Waals surface area contributed by atoms with E-state index < -0.39 is 26.8 Å². The number of amides is 1. The van der Waals surface area contributed by atoms with Crippen molar-refractivity contribution in [2.75, 3.05) is 31.7 Å².